The Hall–Kier alpha value is -4.13. The van der Waals surface area contributed by atoms with Crippen molar-refractivity contribution < 1.29 is 9.53 Å². The summed E-state index contributed by atoms with van der Waals surface area (Å²) in [6, 6.07) is 22.0. The molecule has 1 aromatic heterocycles. The van der Waals surface area contributed by atoms with Gasteiger partial charge in [0.05, 0.1) is 24.6 Å². The van der Waals surface area contributed by atoms with Crippen LogP contribution in [0.5, 0.6) is 5.75 Å². The summed E-state index contributed by atoms with van der Waals surface area (Å²) in [6.07, 6.45) is 0. The quantitative estimate of drug-likeness (QED) is 0.421. The lowest BCUT2D eigenvalue weighted by Crippen LogP contribution is -2.33. The molecule has 1 N–H and O–H groups in total. The maximum atomic E-state index is 13.5. The second-order valence-electron chi connectivity index (χ2n) is 7.88. The molecule has 0 fully saturated rings. The number of carbonyl (C=O) groups excluding carboxylic acids is 1. The first-order valence-electron chi connectivity index (χ1n) is 11.3. The van der Waals surface area contributed by atoms with E-state index in [1.165, 1.54) is 0 Å². The van der Waals surface area contributed by atoms with Crippen molar-refractivity contribution in [3.63, 3.8) is 0 Å². The van der Waals surface area contributed by atoms with E-state index in [1.54, 1.807) is 42.0 Å². The third kappa shape index (κ3) is 4.78. The van der Waals surface area contributed by atoms with Crippen LogP contribution < -0.4 is 20.5 Å². The monoisotopic (exact) mass is 456 g/mol. The number of methoxy groups -OCH3 is 1. The average molecular weight is 457 g/mol. The molecule has 1 amide bonds. The van der Waals surface area contributed by atoms with Crippen molar-refractivity contribution in [3.8, 4) is 5.75 Å². The molecule has 0 atom stereocenters. The van der Waals surface area contributed by atoms with Crippen molar-refractivity contribution in [2.45, 2.75) is 20.4 Å². The van der Waals surface area contributed by atoms with Gasteiger partial charge in [-0.05, 0) is 49.7 Å². The van der Waals surface area contributed by atoms with Crippen LogP contribution in [0.4, 0.5) is 11.6 Å². The van der Waals surface area contributed by atoms with Gasteiger partial charge in [-0.3, -0.25) is 14.2 Å². The molecule has 0 bridgehead atoms. The lowest BCUT2D eigenvalue weighted by molar-refractivity contribution is 0.102. The third-order valence-corrected chi connectivity index (χ3v) is 5.75. The molecule has 0 aliphatic rings. The molecule has 0 saturated carbocycles. The number of hydrogen-bond donors (Lipinski definition) is 1. The summed E-state index contributed by atoms with van der Waals surface area (Å²) < 4.78 is 6.93. The maximum absolute atomic E-state index is 13.5. The number of rotatable bonds is 8. The molecule has 174 valence electrons. The van der Waals surface area contributed by atoms with E-state index in [-0.39, 0.29) is 11.5 Å². The number of benzene rings is 3. The molecule has 0 saturated heterocycles. The van der Waals surface area contributed by atoms with Gasteiger partial charge in [-0.15, -0.1) is 0 Å². The van der Waals surface area contributed by atoms with Gasteiger partial charge in [0.2, 0.25) is 5.95 Å². The largest absolute Gasteiger partial charge is 0.497 e. The van der Waals surface area contributed by atoms with Crippen LogP contribution in [0.25, 0.3) is 10.9 Å². The van der Waals surface area contributed by atoms with Crippen molar-refractivity contribution in [2.24, 2.45) is 0 Å². The number of nitrogens with one attached hydrogen (secondary N) is 1. The summed E-state index contributed by atoms with van der Waals surface area (Å²) in [5.41, 5.74) is 2.44. The molecule has 34 heavy (non-hydrogen) atoms. The van der Waals surface area contributed by atoms with Crippen molar-refractivity contribution in [2.75, 3.05) is 30.4 Å². The molecule has 7 heteroatoms. The Labute approximate surface area is 198 Å². The lowest BCUT2D eigenvalue weighted by atomic mass is 10.1. The predicted octanol–water partition coefficient (Wildman–Crippen LogP) is 4.55. The van der Waals surface area contributed by atoms with Crippen LogP contribution in [0.2, 0.25) is 0 Å². The lowest BCUT2D eigenvalue weighted by Gasteiger charge is -2.24. The number of nitrogens with zero attached hydrogens (tertiary/aromatic N) is 3. The van der Waals surface area contributed by atoms with Gasteiger partial charge in [-0.1, -0.05) is 36.4 Å². The summed E-state index contributed by atoms with van der Waals surface area (Å²) in [6.45, 7) is 5.90. The van der Waals surface area contributed by atoms with Crippen LogP contribution in [0.1, 0.15) is 29.8 Å². The number of carbonyl (C=O) groups is 1. The van der Waals surface area contributed by atoms with E-state index in [0.29, 0.717) is 53.5 Å². The Morgan fingerprint density at radius 1 is 1.00 bits per heavy atom. The summed E-state index contributed by atoms with van der Waals surface area (Å²) >= 11 is 0. The summed E-state index contributed by atoms with van der Waals surface area (Å²) in [4.78, 5) is 33.3. The van der Waals surface area contributed by atoms with Crippen LogP contribution in [0.3, 0.4) is 0 Å². The van der Waals surface area contributed by atoms with E-state index in [9.17, 15) is 9.59 Å². The average Bonchev–Trinajstić information content (AvgIpc) is 2.87. The molecule has 7 nitrogen and oxygen atoms in total. The first-order chi connectivity index (χ1) is 16.5. The van der Waals surface area contributed by atoms with Crippen LogP contribution >= 0.6 is 0 Å². The van der Waals surface area contributed by atoms with Crippen LogP contribution in [0, 0.1) is 0 Å². The zero-order chi connectivity index (χ0) is 24.1. The van der Waals surface area contributed by atoms with E-state index in [2.05, 4.69) is 5.32 Å². The number of aromatic nitrogens is 2. The Morgan fingerprint density at radius 2 is 1.76 bits per heavy atom. The van der Waals surface area contributed by atoms with Crippen LogP contribution in [-0.2, 0) is 6.54 Å². The van der Waals surface area contributed by atoms with Gasteiger partial charge in [0.15, 0.2) is 0 Å². The fraction of sp³-hybridized carbons (Fsp3) is 0.222. The molecule has 0 spiro atoms. The number of ether oxygens (including phenoxy) is 1. The fourth-order valence-electron chi connectivity index (χ4n) is 3.91. The van der Waals surface area contributed by atoms with Crippen LogP contribution in [-0.4, -0.2) is 35.7 Å². The molecule has 1 heterocycles. The Bertz CT molecular complexity index is 1360. The first kappa shape index (κ1) is 23.0. The Balaban J connectivity index is 1.75. The first-order valence-corrected chi connectivity index (χ1v) is 11.3. The zero-order valence-electron chi connectivity index (χ0n) is 19.6. The smallest absolute Gasteiger partial charge is 0.263 e. The van der Waals surface area contributed by atoms with Gasteiger partial charge in [0.25, 0.3) is 11.5 Å². The summed E-state index contributed by atoms with van der Waals surface area (Å²) in [7, 11) is 1.58. The molecule has 4 rings (SSSR count). The molecule has 0 unspecified atom stereocenters. The molecular formula is C27H28N4O3. The Morgan fingerprint density at radius 3 is 2.47 bits per heavy atom. The summed E-state index contributed by atoms with van der Waals surface area (Å²) in [5.74, 6) is 0.965. The molecule has 0 aliphatic carbocycles. The maximum Gasteiger partial charge on any atom is 0.263 e. The predicted molar refractivity (Wildman–Crippen MR) is 136 cm³/mol. The Kier molecular flexibility index (Phi) is 6.92. The second-order valence-corrected chi connectivity index (χ2v) is 7.88. The minimum Gasteiger partial charge on any atom is -0.497 e. The second kappa shape index (κ2) is 10.2. The van der Waals surface area contributed by atoms with Gasteiger partial charge >= 0.3 is 0 Å². The van der Waals surface area contributed by atoms with Crippen molar-refractivity contribution >= 4 is 28.4 Å². The minimum atomic E-state index is -0.283. The molecule has 0 aliphatic heterocycles. The number of anilines is 2. The fourth-order valence-corrected chi connectivity index (χ4v) is 3.91. The van der Waals surface area contributed by atoms with Gasteiger partial charge in [-0.25, -0.2) is 4.98 Å². The highest BCUT2D eigenvalue weighted by atomic mass is 16.5. The molecule has 4 aromatic rings. The van der Waals surface area contributed by atoms with Gasteiger partial charge in [-0.2, -0.15) is 0 Å². The zero-order valence-corrected chi connectivity index (χ0v) is 19.6. The topological polar surface area (TPSA) is 76.5 Å². The van der Waals surface area contributed by atoms with Gasteiger partial charge in [0.1, 0.15) is 5.75 Å². The third-order valence-electron chi connectivity index (χ3n) is 5.75. The van der Waals surface area contributed by atoms with E-state index in [1.807, 2.05) is 61.2 Å². The SMILES string of the molecule is CCN(CC)c1nc2cc(C(=O)Nc3cccc(OC)c3)ccc2c(=O)n1Cc1ccccc1. The highest BCUT2D eigenvalue weighted by Gasteiger charge is 2.17. The highest BCUT2D eigenvalue weighted by molar-refractivity contribution is 6.06. The highest BCUT2D eigenvalue weighted by Crippen LogP contribution is 2.20. The summed E-state index contributed by atoms with van der Waals surface area (Å²) in [5, 5.41) is 3.35. The standard InChI is InChI=1S/C27H28N4O3/c1-4-30(5-2)27-29-24-16-20(25(32)28-21-12-9-13-22(17-21)34-3)14-15-23(24)26(33)31(27)18-19-10-7-6-8-11-19/h6-17H,4-5,18H2,1-3H3,(H,28,32). The normalized spacial score (nSPS) is 10.8. The molecule has 0 radical (unpaired) electrons. The van der Waals surface area contributed by atoms with Crippen LogP contribution in [0.15, 0.2) is 77.6 Å². The molecular weight excluding hydrogens is 428 g/mol. The van der Waals surface area contributed by atoms with E-state index < -0.39 is 0 Å². The molecule has 3 aromatic carbocycles. The van der Waals surface area contributed by atoms with E-state index in [0.717, 1.165) is 5.56 Å². The minimum absolute atomic E-state index is 0.129. The van der Waals surface area contributed by atoms with Gasteiger partial charge in [0, 0.05) is 30.4 Å². The van der Waals surface area contributed by atoms with Crippen molar-refractivity contribution in [1.29, 1.82) is 0 Å². The van der Waals surface area contributed by atoms with Crippen molar-refractivity contribution in [3.05, 3.63) is 94.3 Å². The number of hydrogen-bond acceptors (Lipinski definition) is 5. The number of fused-ring (bicyclic) bond motifs is 1. The van der Waals surface area contributed by atoms with E-state index >= 15 is 0 Å². The van der Waals surface area contributed by atoms with Gasteiger partial charge < -0.3 is 15.0 Å². The number of amides is 1. The van der Waals surface area contributed by atoms with Crippen molar-refractivity contribution in [1.82, 2.24) is 9.55 Å². The van der Waals surface area contributed by atoms with E-state index in [4.69, 9.17) is 9.72 Å².